The molecule has 4 heteroatoms. The van der Waals surface area contributed by atoms with E-state index in [0.29, 0.717) is 11.5 Å². The van der Waals surface area contributed by atoms with E-state index in [1.165, 1.54) is 17.5 Å². The van der Waals surface area contributed by atoms with Crippen molar-refractivity contribution in [3.05, 3.63) is 47.3 Å². The monoisotopic (exact) mass is 253 g/mol. The molecule has 0 unspecified atom stereocenters. The maximum absolute atomic E-state index is 11.6. The molecule has 3 rings (SSSR count). The predicted octanol–water partition coefficient (Wildman–Crippen LogP) is 1.99. The summed E-state index contributed by atoms with van der Waals surface area (Å²) < 4.78 is 0. The highest BCUT2D eigenvalue weighted by atomic mass is 16.1. The standard InChI is InChI=1S/C15H15N3O/c1-16-15(19)13-8-9-17-14(18-13)12-7-3-5-10-4-2-6-11(10)12/h3,5,7-9H,2,4,6H2,1H3,(H,16,19). The van der Waals surface area contributed by atoms with Gasteiger partial charge in [-0.3, -0.25) is 4.79 Å². The normalized spacial score (nSPS) is 13.1. The van der Waals surface area contributed by atoms with Gasteiger partial charge < -0.3 is 5.32 Å². The van der Waals surface area contributed by atoms with Crippen LogP contribution in [0.2, 0.25) is 0 Å². The van der Waals surface area contributed by atoms with E-state index in [1.807, 2.05) is 12.1 Å². The zero-order chi connectivity index (χ0) is 13.2. The minimum Gasteiger partial charge on any atom is -0.354 e. The van der Waals surface area contributed by atoms with Crippen molar-refractivity contribution in [3.63, 3.8) is 0 Å². The summed E-state index contributed by atoms with van der Waals surface area (Å²) in [5, 5.41) is 2.58. The zero-order valence-corrected chi connectivity index (χ0v) is 10.8. The molecule has 1 N–H and O–H groups in total. The van der Waals surface area contributed by atoms with Gasteiger partial charge in [-0.05, 0) is 36.5 Å². The molecule has 2 aromatic rings. The zero-order valence-electron chi connectivity index (χ0n) is 10.8. The number of amides is 1. The van der Waals surface area contributed by atoms with Crippen LogP contribution in [0.3, 0.4) is 0 Å². The van der Waals surface area contributed by atoms with Crippen LogP contribution < -0.4 is 5.32 Å². The SMILES string of the molecule is CNC(=O)c1ccnc(-c2cccc3c2CCC3)n1. The van der Waals surface area contributed by atoms with Gasteiger partial charge in [-0.25, -0.2) is 9.97 Å². The number of hydrogen-bond acceptors (Lipinski definition) is 3. The van der Waals surface area contributed by atoms with E-state index >= 15 is 0 Å². The molecule has 1 heterocycles. The van der Waals surface area contributed by atoms with Crippen LogP contribution in [0.5, 0.6) is 0 Å². The number of rotatable bonds is 2. The van der Waals surface area contributed by atoms with E-state index in [4.69, 9.17) is 0 Å². The summed E-state index contributed by atoms with van der Waals surface area (Å²) in [4.78, 5) is 20.3. The van der Waals surface area contributed by atoms with Crippen LogP contribution in [-0.4, -0.2) is 22.9 Å². The predicted molar refractivity (Wildman–Crippen MR) is 72.9 cm³/mol. The van der Waals surface area contributed by atoms with Crippen molar-refractivity contribution in [2.75, 3.05) is 7.05 Å². The van der Waals surface area contributed by atoms with Crippen molar-refractivity contribution in [2.45, 2.75) is 19.3 Å². The highest BCUT2D eigenvalue weighted by molar-refractivity contribution is 5.92. The minimum atomic E-state index is -0.184. The lowest BCUT2D eigenvalue weighted by atomic mass is 10.0. The van der Waals surface area contributed by atoms with E-state index in [9.17, 15) is 4.79 Å². The molecule has 1 amide bonds. The van der Waals surface area contributed by atoms with E-state index in [0.717, 1.165) is 18.4 Å². The number of hydrogen-bond donors (Lipinski definition) is 1. The molecule has 0 bridgehead atoms. The Bertz CT molecular complexity index is 637. The number of carbonyl (C=O) groups excluding carboxylic acids is 1. The number of aryl methyl sites for hydroxylation is 1. The average Bonchev–Trinajstić information content (AvgIpc) is 2.94. The fourth-order valence-electron chi connectivity index (χ4n) is 2.57. The molecule has 0 spiro atoms. The third-order valence-electron chi connectivity index (χ3n) is 3.50. The Morgan fingerprint density at radius 3 is 3.00 bits per heavy atom. The molecule has 0 aliphatic heterocycles. The number of fused-ring (bicyclic) bond motifs is 1. The second kappa shape index (κ2) is 4.80. The van der Waals surface area contributed by atoms with Gasteiger partial charge in [-0.15, -0.1) is 0 Å². The van der Waals surface area contributed by atoms with E-state index in [2.05, 4.69) is 21.4 Å². The Balaban J connectivity index is 2.08. The summed E-state index contributed by atoms with van der Waals surface area (Å²) >= 11 is 0. The van der Waals surface area contributed by atoms with Crippen molar-refractivity contribution in [3.8, 4) is 11.4 Å². The second-order valence-corrected chi connectivity index (χ2v) is 4.64. The fraction of sp³-hybridized carbons (Fsp3) is 0.267. The van der Waals surface area contributed by atoms with E-state index in [-0.39, 0.29) is 5.91 Å². The molecule has 1 aromatic carbocycles. The lowest BCUT2D eigenvalue weighted by Crippen LogP contribution is -2.19. The van der Waals surface area contributed by atoms with Crippen LogP contribution >= 0.6 is 0 Å². The van der Waals surface area contributed by atoms with E-state index in [1.54, 1.807) is 19.3 Å². The molecule has 1 aliphatic rings. The van der Waals surface area contributed by atoms with Gasteiger partial charge in [0.15, 0.2) is 5.82 Å². The van der Waals surface area contributed by atoms with Crippen molar-refractivity contribution < 1.29 is 4.79 Å². The summed E-state index contributed by atoms with van der Waals surface area (Å²) in [6, 6.07) is 7.86. The first-order valence-electron chi connectivity index (χ1n) is 6.46. The lowest BCUT2D eigenvalue weighted by molar-refractivity contribution is 0.0958. The molecule has 4 nitrogen and oxygen atoms in total. The molecule has 0 radical (unpaired) electrons. The largest absolute Gasteiger partial charge is 0.354 e. The smallest absolute Gasteiger partial charge is 0.269 e. The Morgan fingerprint density at radius 2 is 2.16 bits per heavy atom. The van der Waals surface area contributed by atoms with Gasteiger partial charge in [-0.1, -0.05) is 18.2 Å². The van der Waals surface area contributed by atoms with Crippen molar-refractivity contribution in [1.29, 1.82) is 0 Å². The Labute approximate surface area is 111 Å². The summed E-state index contributed by atoms with van der Waals surface area (Å²) in [5.74, 6) is 0.455. The van der Waals surface area contributed by atoms with Crippen LogP contribution in [0, 0.1) is 0 Å². The van der Waals surface area contributed by atoms with Gasteiger partial charge in [0.1, 0.15) is 5.69 Å². The summed E-state index contributed by atoms with van der Waals surface area (Å²) in [5.41, 5.74) is 4.17. The maximum atomic E-state index is 11.6. The highest BCUT2D eigenvalue weighted by Gasteiger charge is 2.17. The Hall–Kier alpha value is -2.23. The van der Waals surface area contributed by atoms with Crippen molar-refractivity contribution in [2.24, 2.45) is 0 Å². The average molecular weight is 253 g/mol. The molecular weight excluding hydrogens is 238 g/mol. The van der Waals surface area contributed by atoms with Crippen molar-refractivity contribution in [1.82, 2.24) is 15.3 Å². The first-order chi connectivity index (χ1) is 9.29. The third-order valence-corrected chi connectivity index (χ3v) is 3.50. The molecule has 0 atom stereocenters. The molecule has 0 saturated carbocycles. The van der Waals surface area contributed by atoms with Crippen molar-refractivity contribution >= 4 is 5.91 Å². The van der Waals surface area contributed by atoms with Gasteiger partial charge in [0.05, 0.1) is 0 Å². The minimum absolute atomic E-state index is 0.184. The number of aromatic nitrogens is 2. The van der Waals surface area contributed by atoms with Gasteiger partial charge in [0.25, 0.3) is 5.91 Å². The molecule has 0 fully saturated rings. The molecule has 1 aromatic heterocycles. The van der Waals surface area contributed by atoms with Crippen LogP contribution in [0.1, 0.15) is 28.0 Å². The quantitative estimate of drug-likeness (QED) is 0.890. The first-order valence-corrected chi connectivity index (χ1v) is 6.46. The van der Waals surface area contributed by atoms with Crippen LogP contribution in [-0.2, 0) is 12.8 Å². The topological polar surface area (TPSA) is 54.9 Å². The van der Waals surface area contributed by atoms with Gasteiger partial charge in [0.2, 0.25) is 0 Å². The first kappa shape index (κ1) is 11.8. The lowest BCUT2D eigenvalue weighted by Gasteiger charge is -2.08. The number of nitrogens with one attached hydrogen (secondary N) is 1. The van der Waals surface area contributed by atoms with Gasteiger partial charge in [0, 0.05) is 18.8 Å². The molecule has 0 saturated heterocycles. The van der Waals surface area contributed by atoms with E-state index < -0.39 is 0 Å². The van der Waals surface area contributed by atoms with Gasteiger partial charge >= 0.3 is 0 Å². The fourth-order valence-corrected chi connectivity index (χ4v) is 2.57. The maximum Gasteiger partial charge on any atom is 0.269 e. The molecule has 1 aliphatic carbocycles. The Kier molecular flexibility index (Phi) is 2.99. The number of nitrogens with zero attached hydrogens (tertiary/aromatic N) is 2. The molecular formula is C15H15N3O. The molecule has 96 valence electrons. The summed E-state index contributed by atoms with van der Waals surface area (Å²) in [7, 11) is 1.60. The number of carbonyl (C=O) groups is 1. The summed E-state index contributed by atoms with van der Waals surface area (Å²) in [6.07, 6.45) is 5.01. The van der Waals surface area contributed by atoms with Gasteiger partial charge in [-0.2, -0.15) is 0 Å². The highest BCUT2D eigenvalue weighted by Crippen LogP contribution is 2.30. The third kappa shape index (κ3) is 2.10. The number of benzene rings is 1. The van der Waals surface area contributed by atoms with Crippen LogP contribution in [0.25, 0.3) is 11.4 Å². The Morgan fingerprint density at radius 1 is 1.26 bits per heavy atom. The second-order valence-electron chi connectivity index (χ2n) is 4.64. The molecule has 19 heavy (non-hydrogen) atoms. The van der Waals surface area contributed by atoms with Crippen LogP contribution in [0.15, 0.2) is 30.5 Å². The van der Waals surface area contributed by atoms with Crippen LogP contribution in [0.4, 0.5) is 0 Å². The summed E-state index contributed by atoms with van der Waals surface area (Å²) in [6.45, 7) is 0.